The molecule has 0 atom stereocenters. The molecular weight excluding hydrogens is 296 g/mol. The maximum atomic E-state index is 12.0. The Morgan fingerprint density at radius 3 is 2.70 bits per heavy atom. The van der Waals surface area contributed by atoms with Gasteiger partial charge in [-0.3, -0.25) is 0 Å². The van der Waals surface area contributed by atoms with Gasteiger partial charge in [0.1, 0.15) is 0 Å². The van der Waals surface area contributed by atoms with E-state index in [1.165, 1.54) is 11.3 Å². The molecule has 1 aromatic carbocycles. The molecule has 0 radical (unpaired) electrons. The van der Waals surface area contributed by atoms with Gasteiger partial charge in [0, 0.05) is 10.4 Å². The highest BCUT2D eigenvalue weighted by molar-refractivity contribution is 7.13. The molecule has 0 saturated heterocycles. The number of nitrogen functional groups attached to an aromatic ring is 1. The van der Waals surface area contributed by atoms with Crippen LogP contribution >= 0.6 is 22.9 Å². The van der Waals surface area contributed by atoms with E-state index in [0.717, 1.165) is 5.56 Å². The van der Waals surface area contributed by atoms with Gasteiger partial charge in [0.25, 0.3) is 0 Å². The number of aromatic nitrogens is 1. The van der Waals surface area contributed by atoms with E-state index in [-0.39, 0.29) is 0 Å². The van der Waals surface area contributed by atoms with Gasteiger partial charge < -0.3 is 10.5 Å². The molecule has 0 saturated carbocycles. The van der Waals surface area contributed by atoms with Crippen molar-refractivity contribution in [3.05, 3.63) is 45.9 Å². The summed E-state index contributed by atoms with van der Waals surface area (Å²) < 4.78 is 5.05. The molecule has 2 aromatic rings. The summed E-state index contributed by atoms with van der Waals surface area (Å²) in [4.78, 5) is 16.2. The highest BCUT2D eigenvalue weighted by Crippen LogP contribution is 2.23. The largest absolute Gasteiger partial charge is 0.462 e. The third-order valence-electron chi connectivity index (χ3n) is 2.47. The van der Waals surface area contributed by atoms with Crippen molar-refractivity contribution < 1.29 is 9.53 Å². The summed E-state index contributed by atoms with van der Waals surface area (Å²) in [6.07, 6.45) is 1.71. The Labute approximate surface area is 125 Å². The van der Waals surface area contributed by atoms with Crippen molar-refractivity contribution in [1.82, 2.24) is 4.98 Å². The van der Waals surface area contributed by atoms with Crippen LogP contribution in [-0.4, -0.2) is 17.6 Å². The van der Waals surface area contributed by atoms with Crippen LogP contribution in [0.3, 0.4) is 0 Å². The van der Waals surface area contributed by atoms with Crippen LogP contribution in [0.15, 0.2) is 29.6 Å². The molecule has 0 spiro atoms. The van der Waals surface area contributed by atoms with Crippen LogP contribution in [0.25, 0.3) is 11.6 Å². The van der Waals surface area contributed by atoms with Crippen molar-refractivity contribution >= 4 is 45.7 Å². The average Bonchev–Trinajstić information content (AvgIpc) is 2.84. The van der Waals surface area contributed by atoms with E-state index in [0.29, 0.717) is 28.0 Å². The lowest BCUT2D eigenvalue weighted by molar-refractivity contribution is -0.136. The molecule has 1 aromatic heterocycles. The maximum Gasteiger partial charge on any atom is 0.340 e. The summed E-state index contributed by atoms with van der Waals surface area (Å²) in [6, 6.07) is 7.14. The van der Waals surface area contributed by atoms with Gasteiger partial charge in [0.2, 0.25) is 0 Å². The minimum absolute atomic E-state index is 0.302. The summed E-state index contributed by atoms with van der Waals surface area (Å²) in [5, 5.41) is 2.78. The van der Waals surface area contributed by atoms with E-state index in [1.807, 2.05) is 12.1 Å². The number of nitrogens with zero attached hydrogens (tertiary/aromatic N) is 1. The van der Waals surface area contributed by atoms with Crippen molar-refractivity contribution in [2.45, 2.75) is 6.92 Å². The van der Waals surface area contributed by atoms with Gasteiger partial charge >= 0.3 is 5.97 Å². The van der Waals surface area contributed by atoms with Gasteiger partial charge in [-0.2, -0.15) is 0 Å². The average molecular weight is 309 g/mol. The molecule has 4 nitrogen and oxygen atoms in total. The number of benzene rings is 1. The van der Waals surface area contributed by atoms with E-state index in [2.05, 4.69) is 4.98 Å². The summed E-state index contributed by atoms with van der Waals surface area (Å²) in [5.74, 6) is -0.423. The second-order valence-electron chi connectivity index (χ2n) is 3.90. The summed E-state index contributed by atoms with van der Waals surface area (Å²) >= 11 is 7.12. The smallest absolute Gasteiger partial charge is 0.340 e. The van der Waals surface area contributed by atoms with Crippen molar-refractivity contribution in [3.8, 4) is 0 Å². The lowest BCUT2D eigenvalue weighted by Crippen LogP contribution is -2.07. The number of carbonyl (C=O) groups is 1. The molecule has 6 heteroatoms. The molecular formula is C14H13ClN2O2S. The lowest BCUT2D eigenvalue weighted by Gasteiger charge is -2.05. The minimum atomic E-state index is -0.423. The van der Waals surface area contributed by atoms with Gasteiger partial charge in [0.05, 0.1) is 17.9 Å². The first kappa shape index (κ1) is 14.6. The Kier molecular flexibility index (Phi) is 4.76. The molecule has 2 rings (SSSR count). The van der Waals surface area contributed by atoms with Crippen molar-refractivity contribution in [1.29, 1.82) is 0 Å². The SMILES string of the molecule is CCOC(=O)/C(=C\c1ccc(Cl)cc1)c1csc(N)n1. The highest BCUT2D eigenvalue weighted by Gasteiger charge is 2.16. The highest BCUT2D eigenvalue weighted by atomic mass is 35.5. The fourth-order valence-corrected chi connectivity index (χ4v) is 2.27. The van der Waals surface area contributed by atoms with Crippen LogP contribution < -0.4 is 5.73 Å². The van der Waals surface area contributed by atoms with Crippen LogP contribution in [-0.2, 0) is 9.53 Å². The number of nitrogens with two attached hydrogens (primary N) is 1. The Balaban J connectivity index is 2.40. The van der Waals surface area contributed by atoms with Crippen LogP contribution in [0.5, 0.6) is 0 Å². The predicted molar refractivity (Wildman–Crippen MR) is 82.5 cm³/mol. The Bertz CT molecular complexity index is 635. The maximum absolute atomic E-state index is 12.0. The number of carbonyl (C=O) groups excluding carboxylic acids is 1. The molecule has 0 fully saturated rings. The van der Waals surface area contributed by atoms with Gasteiger partial charge in [-0.15, -0.1) is 11.3 Å². The Morgan fingerprint density at radius 1 is 1.45 bits per heavy atom. The number of ether oxygens (including phenoxy) is 1. The molecule has 104 valence electrons. The van der Waals surface area contributed by atoms with E-state index < -0.39 is 5.97 Å². The molecule has 1 heterocycles. The number of hydrogen-bond acceptors (Lipinski definition) is 5. The van der Waals surface area contributed by atoms with Crippen molar-refractivity contribution in [2.75, 3.05) is 12.3 Å². The monoisotopic (exact) mass is 308 g/mol. The predicted octanol–water partition coefficient (Wildman–Crippen LogP) is 3.48. The number of halogens is 1. The summed E-state index contributed by atoms with van der Waals surface area (Å²) in [6.45, 7) is 2.06. The molecule has 20 heavy (non-hydrogen) atoms. The number of rotatable bonds is 4. The lowest BCUT2D eigenvalue weighted by atomic mass is 10.1. The molecule has 0 aliphatic rings. The van der Waals surface area contributed by atoms with Gasteiger partial charge in [-0.1, -0.05) is 23.7 Å². The zero-order chi connectivity index (χ0) is 14.5. The topological polar surface area (TPSA) is 65.2 Å². The van der Waals surface area contributed by atoms with Gasteiger partial charge in [-0.25, -0.2) is 9.78 Å². The number of hydrogen-bond donors (Lipinski definition) is 1. The fourth-order valence-electron chi connectivity index (χ4n) is 1.58. The first-order chi connectivity index (χ1) is 9.60. The number of thiazole rings is 1. The molecule has 2 N–H and O–H groups in total. The molecule has 0 bridgehead atoms. The third kappa shape index (κ3) is 3.59. The molecule has 0 aliphatic heterocycles. The van der Waals surface area contributed by atoms with Crippen LogP contribution in [0.4, 0.5) is 5.13 Å². The normalized spacial score (nSPS) is 11.4. The molecule has 0 amide bonds. The van der Waals surface area contributed by atoms with E-state index in [4.69, 9.17) is 22.1 Å². The van der Waals surface area contributed by atoms with Crippen LogP contribution in [0.2, 0.25) is 5.02 Å². The van der Waals surface area contributed by atoms with E-state index in [9.17, 15) is 4.79 Å². The number of esters is 1. The third-order valence-corrected chi connectivity index (χ3v) is 3.40. The van der Waals surface area contributed by atoms with E-state index >= 15 is 0 Å². The zero-order valence-corrected chi connectivity index (χ0v) is 12.4. The van der Waals surface area contributed by atoms with Gasteiger partial charge in [0.15, 0.2) is 5.13 Å². The van der Waals surface area contributed by atoms with Gasteiger partial charge in [-0.05, 0) is 30.7 Å². The molecule has 0 unspecified atom stereocenters. The Hall–Kier alpha value is -1.85. The van der Waals surface area contributed by atoms with Crippen molar-refractivity contribution in [3.63, 3.8) is 0 Å². The van der Waals surface area contributed by atoms with Crippen molar-refractivity contribution in [2.24, 2.45) is 0 Å². The standard InChI is InChI=1S/C14H13ClN2O2S/c1-2-19-13(18)11(12-8-20-14(16)17-12)7-9-3-5-10(15)6-4-9/h3-8H,2H2,1H3,(H2,16,17)/b11-7-. The van der Waals surface area contributed by atoms with Crippen LogP contribution in [0, 0.1) is 0 Å². The first-order valence-electron chi connectivity index (χ1n) is 5.96. The Morgan fingerprint density at radius 2 is 2.15 bits per heavy atom. The second-order valence-corrected chi connectivity index (χ2v) is 5.23. The summed E-state index contributed by atoms with van der Waals surface area (Å²) in [7, 11) is 0. The summed E-state index contributed by atoms with van der Waals surface area (Å²) in [5.41, 5.74) is 7.34. The minimum Gasteiger partial charge on any atom is -0.462 e. The number of anilines is 1. The first-order valence-corrected chi connectivity index (χ1v) is 7.21. The zero-order valence-electron chi connectivity index (χ0n) is 10.8. The fraction of sp³-hybridized carbons (Fsp3) is 0.143. The quantitative estimate of drug-likeness (QED) is 0.693. The van der Waals surface area contributed by atoms with E-state index in [1.54, 1.807) is 30.5 Å². The van der Waals surface area contributed by atoms with Crippen LogP contribution in [0.1, 0.15) is 18.2 Å². The molecule has 0 aliphatic carbocycles. The second kappa shape index (κ2) is 6.54.